The highest BCUT2D eigenvalue weighted by atomic mass is 16.5. The van der Waals surface area contributed by atoms with Crippen LogP contribution in [0.4, 0.5) is 0 Å². The molecule has 3 N–H and O–H groups in total. The van der Waals surface area contributed by atoms with E-state index in [0.29, 0.717) is 19.6 Å². The smallest absolute Gasteiger partial charge is 0.311 e. The van der Waals surface area contributed by atoms with Crippen molar-refractivity contribution in [1.29, 1.82) is 0 Å². The van der Waals surface area contributed by atoms with Gasteiger partial charge in [-0.25, -0.2) is 0 Å². The summed E-state index contributed by atoms with van der Waals surface area (Å²) >= 11 is 0. The number of amides is 1. The lowest BCUT2D eigenvalue weighted by molar-refractivity contribution is -0.148. The van der Waals surface area contributed by atoms with Crippen molar-refractivity contribution >= 4 is 11.9 Å². The third kappa shape index (κ3) is 3.91. The SMILES string of the molecule is CCNC1COCC1C(=O)NCC(C)(CC)C(=O)O. The summed E-state index contributed by atoms with van der Waals surface area (Å²) in [6.45, 7) is 7.26. The Balaban J connectivity index is 2.53. The molecule has 1 aliphatic rings. The summed E-state index contributed by atoms with van der Waals surface area (Å²) in [6, 6.07) is 0.0164. The van der Waals surface area contributed by atoms with Gasteiger partial charge in [-0.1, -0.05) is 13.8 Å². The average Bonchev–Trinajstić information content (AvgIpc) is 2.84. The normalized spacial score (nSPS) is 25.8. The number of carbonyl (C=O) groups excluding carboxylic acids is 1. The Bertz CT molecular complexity index is 335. The van der Waals surface area contributed by atoms with Crippen molar-refractivity contribution in [2.45, 2.75) is 33.2 Å². The molecule has 1 amide bonds. The third-order valence-corrected chi connectivity index (χ3v) is 3.83. The number of hydrogen-bond donors (Lipinski definition) is 3. The van der Waals surface area contributed by atoms with Gasteiger partial charge in [-0.05, 0) is 19.9 Å². The van der Waals surface area contributed by atoms with Gasteiger partial charge in [0.05, 0.1) is 24.5 Å². The van der Waals surface area contributed by atoms with Gasteiger partial charge < -0.3 is 20.5 Å². The summed E-state index contributed by atoms with van der Waals surface area (Å²) in [7, 11) is 0. The molecule has 0 bridgehead atoms. The number of carbonyl (C=O) groups is 2. The van der Waals surface area contributed by atoms with Gasteiger partial charge in [0.2, 0.25) is 5.91 Å². The number of likely N-dealkylation sites (N-methyl/N-ethyl adjacent to an activating group) is 1. The summed E-state index contributed by atoms with van der Waals surface area (Å²) in [6.07, 6.45) is 0.473. The Morgan fingerprint density at radius 1 is 1.37 bits per heavy atom. The van der Waals surface area contributed by atoms with E-state index in [2.05, 4.69) is 10.6 Å². The molecule has 0 aromatic carbocycles. The summed E-state index contributed by atoms with van der Waals surface area (Å²) in [4.78, 5) is 23.3. The van der Waals surface area contributed by atoms with Crippen LogP contribution in [-0.4, -0.2) is 49.3 Å². The summed E-state index contributed by atoms with van der Waals surface area (Å²) in [5.41, 5.74) is -0.914. The van der Waals surface area contributed by atoms with Crippen molar-refractivity contribution in [2.24, 2.45) is 11.3 Å². The molecule has 0 saturated carbocycles. The van der Waals surface area contributed by atoms with Crippen LogP contribution in [0.25, 0.3) is 0 Å². The van der Waals surface area contributed by atoms with Crippen LogP contribution in [0.3, 0.4) is 0 Å². The van der Waals surface area contributed by atoms with Gasteiger partial charge in [-0.15, -0.1) is 0 Å². The largest absolute Gasteiger partial charge is 0.481 e. The maximum atomic E-state index is 12.1. The van der Waals surface area contributed by atoms with Crippen molar-refractivity contribution in [3.05, 3.63) is 0 Å². The van der Waals surface area contributed by atoms with Crippen LogP contribution in [0.5, 0.6) is 0 Å². The van der Waals surface area contributed by atoms with Crippen molar-refractivity contribution in [3.63, 3.8) is 0 Å². The Morgan fingerprint density at radius 3 is 2.58 bits per heavy atom. The minimum absolute atomic E-state index is 0.0164. The van der Waals surface area contributed by atoms with Crippen LogP contribution in [0, 0.1) is 11.3 Å². The van der Waals surface area contributed by atoms with Crippen LogP contribution >= 0.6 is 0 Å². The summed E-state index contributed by atoms with van der Waals surface area (Å²) in [5.74, 6) is -1.26. The molecule has 110 valence electrons. The fourth-order valence-electron chi connectivity index (χ4n) is 2.04. The maximum absolute atomic E-state index is 12.1. The Morgan fingerprint density at radius 2 is 2.05 bits per heavy atom. The zero-order valence-corrected chi connectivity index (χ0v) is 11.9. The standard InChI is InChI=1S/C13H24N2O4/c1-4-13(3,12(17)18)8-15-11(16)9-6-19-7-10(9)14-5-2/h9-10,14H,4-8H2,1-3H3,(H,15,16)(H,17,18). The molecule has 3 unspecified atom stereocenters. The van der Waals surface area contributed by atoms with Gasteiger partial charge >= 0.3 is 5.97 Å². The Hall–Kier alpha value is -1.14. The first-order chi connectivity index (χ1) is 8.94. The minimum Gasteiger partial charge on any atom is -0.481 e. The van der Waals surface area contributed by atoms with E-state index in [1.54, 1.807) is 13.8 Å². The van der Waals surface area contributed by atoms with E-state index in [0.717, 1.165) is 6.54 Å². The lowest BCUT2D eigenvalue weighted by Gasteiger charge is -2.25. The second kappa shape index (κ2) is 6.86. The molecule has 1 saturated heterocycles. The maximum Gasteiger partial charge on any atom is 0.311 e. The monoisotopic (exact) mass is 272 g/mol. The lowest BCUT2D eigenvalue weighted by Crippen LogP contribution is -2.47. The molecule has 0 aromatic heterocycles. The van der Waals surface area contributed by atoms with Gasteiger partial charge in [0.15, 0.2) is 0 Å². The highest BCUT2D eigenvalue weighted by Crippen LogP contribution is 2.21. The number of carboxylic acids is 1. The van der Waals surface area contributed by atoms with Crippen molar-refractivity contribution in [2.75, 3.05) is 26.3 Å². The highest BCUT2D eigenvalue weighted by molar-refractivity contribution is 5.81. The van der Waals surface area contributed by atoms with Crippen LogP contribution in [0.15, 0.2) is 0 Å². The second-order valence-corrected chi connectivity index (χ2v) is 5.25. The van der Waals surface area contributed by atoms with Crippen LogP contribution < -0.4 is 10.6 Å². The molecule has 1 rings (SSSR count). The molecule has 0 aromatic rings. The quantitative estimate of drug-likeness (QED) is 0.617. The van der Waals surface area contributed by atoms with Crippen LogP contribution in [0.1, 0.15) is 27.2 Å². The number of nitrogens with one attached hydrogen (secondary N) is 2. The summed E-state index contributed by atoms with van der Waals surface area (Å²) in [5, 5.41) is 15.1. The molecule has 1 aliphatic heterocycles. The Kier molecular flexibility index (Phi) is 5.75. The van der Waals surface area contributed by atoms with Gasteiger partial charge in [0.25, 0.3) is 0 Å². The topological polar surface area (TPSA) is 87.7 Å². The van der Waals surface area contributed by atoms with Crippen LogP contribution in [0.2, 0.25) is 0 Å². The molecule has 0 aliphatic carbocycles. The minimum atomic E-state index is -0.914. The molecule has 1 heterocycles. The number of hydrogen-bond acceptors (Lipinski definition) is 4. The number of rotatable bonds is 7. The van der Waals surface area contributed by atoms with Gasteiger partial charge in [0.1, 0.15) is 0 Å². The number of aliphatic carboxylic acids is 1. The number of carboxylic acid groups (broad SMARTS) is 1. The zero-order valence-electron chi connectivity index (χ0n) is 11.9. The van der Waals surface area contributed by atoms with E-state index in [4.69, 9.17) is 9.84 Å². The van der Waals surface area contributed by atoms with E-state index in [-0.39, 0.29) is 24.4 Å². The highest BCUT2D eigenvalue weighted by Gasteiger charge is 2.36. The first-order valence-corrected chi connectivity index (χ1v) is 6.76. The van der Waals surface area contributed by atoms with E-state index in [1.807, 2.05) is 6.92 Å². The molecular formula is C13H24N2O4. The first-order valence-electron chi connectivity index (χ1n) is 6.76. The zero-order chi connectivity index (χ0) is 14.5. The molecule has 0 radical (unpaired) electrons. The van der Waals surface area contributed by atoms with Crippen molar-refractivity contribution in [1.82, 2.24) is 10.6 Å². The predicted molar refractivity (Wildman–Crippen MR) is 70.8 cm³/mol. The van der Waals surface area contributed by atoms with Crippen molar-refractivity contribution in [3.8, 4) is 0 Å². The lowest BCUT2D eigenvalue weighted by atomic mass is 9.87. The molecule has 6 heteroatoms. The van der Waals surface area contributed by atoms with Gasteiger partial charge in [0, 0.05) is 12.6 Å². The first kappa shape index (κ1) is 15.9. The fraction of sp³-hybridized carbons (Fsp3) is 0.846. The number of ether oxygens (including phenoxy) is 1. The van der Waals surface area contributed by atoms with E-state index in [1.165, 1.54) is 0 Å². The third-order valence-electron chi connectivity index (χ3n) is 3.83. The van der Waals surface area contributed by atoms with Gasteiger partial charge in [-0.3, -0.25) is 9.59 Å². The van der Waals surface area contributed by atoms with Gasteiger partial charge in [-0.2, -0.15) is 0 Å². The van der Waals surface area contributed by atoms with Crippen LogP contribution in [-0.2, 0) is 14.3 Å². The van der Waals surface area contributed by atoms with E-state index in [9.17, 15) is 9.59 Å². The van der Waals surface area contributed by atoms with Crippen molar-refractivity contribution < 1.29 is 19.4 Å². The molecule has 19 heavy (non-hydrogen) atoms. The molecular weight excluding hydrogens is 248 g/mol. The second-order valence-electron chi connectivity index (χ2n) is 5.25. The average molecular weight is 272 g/mol. The van der Waals surface area contributed by atoms with E-state index >= 15 is 0 Å². The molecule has 1 fully saturated rings. The molecule has 0 spiro atoms. The summed E-state index contributed by atoms with van der Waals surface area (Å²) < 4.78 is 5.31. The van der Waals surface area contributed by atoms with E-state index < -0.39 is 11.4 Å². The Labute approximate surface area is 113 Å². The molecule has 3 atom stereocenters. The predicted octanol–water partition coefficient (Wildman–Crippen LogP) is 0.228. The molecule has 6 nitrogen and oxygen atoms in total. The fourth-order valence-corrected chi connectivity index (χ4v) is 2.04.